The Bertz CT molecular complexity index is 813. The molecule has 2 aromatic carbocycles. The Morgan fingerprint density at radius 2 is 1.97 bits per heavy atom. The van der Waals surface area contributed by atoms with E-state index in [-0.39, 0.29) is 18.5 Å². The van der Waals surface area contributed by atoms with Crippen molar-refractivity contribution in [2.45, 2.75) is 19.5 Å². The molecule has 0 radical (unpaired) electrons. The van der Waals surface area contributed by atoms with Crippen LogP contribution in [0.4, 0.5) is 5.69 Å². The van der Waals surface area contributed by atoms with Gasteiger partial charge in [-0.3, -0.25) is 14.6 Å². The monoisotopic (exact) mass is 431 g/mol. The SMILES string of the molecule is COc1ccc(Cl)cc1NC(=O)CN(Cc1ccccc1)C(C)CN1CCOCC1. The molecule has 1 amide bonds. The summed E-state index contributed by atoms with van der Waals surface area (Å²) in [6, 6.07) is 15.6. The van der Waals surface area contributed by atoms with E-state index in [1.807, 2.05) is 18.2 Å². The predicted molar refractivity (Wildman–Crippen MR) is 120 cm³/mol. The Labute approximate surface area is 183 Å². The summed E-state index contributed by atoms with van der Waals surface area (Å²) >= 11 is 6.10. The van der Waals surface area contributed by atoms with Gasteiger partial charge in [0.2, 0.25) is 5.91 Å². The molecular weight excluding hydrogens is 402 g/mol. The highest BCUT2D eigenvalue weighted by Crippen LogP contribution is 2.27. The molecule has 2 aromatic rings. The minimum absolute atomic E-state index is 0.0969. The number of hydrogen-bond acceptors (Lipinski definition) is 5. The number of rotatable bonds is 9. The number of carbonyl (C=O) groups is 1. The fourth-order valence-electron chi connectivity index (χ4n) is 3.61. The van der Waals surface area contributed by atoms with Crippen LogP contribution in [-0.4, -0.2) is 68.3 Å². The van der Waals surface area contributed by atoms with Crippen molar-refractivity contribution in [2.75, 3.05) is 51.8 Å². The van der Waals surface area contributed by atoms with Gasteiger partial charge in [0.1, 0.15) is 5.75 Å². The number of nitrogens with one attached hydrogen (secondary N) is 1. The first-order valence-corrected chi connectivity index (χ1v) is 10.6. The third kappa shape index (κ3) is 6.71. The summed E-state index contributed by atoms with van der Waals surface area (Å²) in [7, 11) is 1.57. The number of anilines is 1. The van der Waals surface area contributed by atoms with Gasteiger partial charge < -0.3 is 14.8 Å². The minimum Gasteiger partial charge on any atom is -0.495 e. The Kier molecular flexibility index (Phi) is 8.51. The van der Waals surface area contributed by atoms with Crippen LogP contribution in [0.2, 0.25) is 5.02 Å². The zero-order valence-electron chi connectivity index (χ0n) is 17.6. The maximum atomic E-state index is 12.9. The summed E-state index contributed by atoms with van der Waals surface area (Å²) in [6.45, 7) is 7.42. The highest BCUT2D eigenvalue weighted by atomic mass is 35.5. The van der Waals surface area contributed by atoms with Crippen molar-refractivity contribution >= 4 is 23.2 Å². The third-order valence-corrected chi connectivity index (χ3v) is 5.50. The van der Waals surface area contributed by atoms with E-state index in [9.17, 15) is 4.79 Å². The molecule has 0 aliphatic carbocycles. The van der Waals surface area contributed by atoms with E-state index in [0.29, 0.717) is 23.0 Å². The lowest BCUT2D eigenvalue weighted by atomic mass is 10.1. The van der Waals surface area contributed by atoms with Crippen LogP contribution in [0.3, 0.4) is 0 Å². The average molecular weight is 432 g/mol. The van der Waals surface area contributed by atoms with Crippen molar-refractivity contribution in [3.05, 3.63) is 59.1 Å². The first-order valence-electron chi connectivity index (χ1n) is 10.3. The molecule has 1 N–H and O–H groups in total. The molecule has 0 spiro atoms. The normalized spacial score (nSPS) is 15.7. The molecule has 1 saturated heterocycles. The number of morpholine rings is 1. The molecule has 0 aromatic heterocycles. The summed E-state index contributed by atoms with van der Waals surface area (Å²) in [5.74, 6) is 0.490. The fraction of sp³-hybridized carbons (Fsp3) is 0.435. The smallest absolute Gasteiger partial charge is 0.238 e. The number of halogens is 1. The number of amides is 1. The second-order valence-corrected chi connectivity index (χ2v) is 7.98. The van der Waals surface area contributed by atoms with Crippen LogP contribution in [0.15, 0.2) is 48.5 Å². The van der Waals surface area contributed by atoms with E-state index in [1.165, 1.54) is 5.56 Å². The van der Waals surface area contributed by atoms with Crippen LogP contribution in [0.5, 0.6) is 5.75 Å². The molecule has 0 bridgehead atoms. The van der Waals surface area contributed by atoms with E-state index >= 15 is 0 Å². The van der Waals surface area contributed by atoms with E-state index in [0.717, 1.165) is 32.8 Å². The van der Waals surface area contributed by atoms with E-state index < -0.39 is 0 Å². The van der Waals surface area contributed by atoms with Crippen molar-refractivity contribution in [3.8, 4) is 5.75 Å². The molecule has 30 heavy (non-hydrogen) atoms. The van der Waals surface area contributed by atoms with Gasteiger partial charge in [0.05, 0.1) is 32.6 Å². The lowest BCUT2D eigenvalue weighted by Gasteiger charge is -2.34. The molecule has 3 rings (SSSR count). The number of benzene rings is 2. The number of ether oxygens (including phenoxy) is 2. The van der Waals surface area contributed by atoms with Crippen molar-refractivity contribution in [1.82, 2.24) is 9.80 Å². The van der Waals surface area contributed by atoms with Gasteiger partial charge in [0.25, 0.3) is 0 Å². The van der Waals surface area contributed by atoms with Gasteiger partial charge in [-0.05, 0) is 30.7 Å². The molecule has 7 heteroatoms. The lowest BCUT2D eigenvalue weighted by molar-refractivity contribution is -0.118. The molecule has 1 aliphatic rings. The maximum absolute atomic E-state index is 12.9. The molecule has 1 atom stereocenters. The molecule has 6 nitrogen and oxygen atoms in total. The molecule has 1 fully saturated rings. The van der Waals surface area contributed by atoms with Crippen molar-refractivity contribution in [1.29, 1.82) is 0 Å². The predicted octanol–water partition coefficient (Wildman–Crippen LogP) is 3.51. The Morgan fingerprint density at radius 3 is 2.67 bits per heavy atom. The number of carbonyl (C=O) groups excluding carboxylic acids is 1. The van der Waals surface area contributed by atoms with Gasteiger partial charge in [-0.1, -0.05) is 41.9 Å². The average Bonchev–Trinajstić information content (AvgIpc) is 2.75. The van der Waals surface area contributed by atoms with Crippen LogP contribution in [0, 0.1) is 0 Å². The number of methoxy groups -OCH3 is 1. The van der Waals surface area contributed by atoms with Crippen molar-refractivity contribution in [2.24, 2.45) is 0 Å². The van der Waals surface area contributed by atoms with Gasteiger partial charge in [-0.15, -0.1) is 0 Å². The molecular formula is C23H30ClN3O3. The fourth-order valence-corrected chi connectivity index (χ4v) is 3.78. The molecule has 1 aliphatic heterocycles. The Morgan fingerprint density at radius 1 is 1.23 bits per heavy atom. The highest BCUT2D eigenvalue weighted by Gasteiger charge is 2.22. The van der Waals surface area contributed by atoms with Crippen molar-refractivity contribution < 1.29 is 14.3 Å². The Hall–Kier alpha value is -2.12. The summed E-state index contributed by atoms with van der Waals surface area (Å²) < 4.78 is 10.8. The molecule has 1 unspecified atom stereocenters. The third-order valence-electron chi connectivity index (χ3n) is 5.26. The van der Waals surface area contributed by atoms with Gasteiger partial charge in [-0.25, -0.2) is 0 Å². The largest absolute Gasteiger partial charge is 0.495 e. The quantitative estimate of drug-likeness (QED) is 0.658. The van der Waals surface area contributed by atoms with Crippen LogP contribution in [0.25, 0.3) is 0 Å². The number of nitrogens with zero attached hydrogens (tertiary/aromatic N) is 2. The highest BCUT2D eigenvalue weighted by molar-refractivity contribution is 6.31. The van der Waals surface area contributed by atoms with E-state index in [2.05, 4.69) is 34.2 Å². The molecule has 0 saturated carbocycles. The summed E-state index contributed by atoms with van der Waals surface area (Å²) in [4.78, 5) is 17.5. The van der Waals surface area contributed by atoms with Crippen LogP contribution in [0.1, 0.15) is 12.5 Å². The van der Waals surface area contributed by atoms with Crippen molar-refractivity contribution in [3.63, 3.8) is 0 Å². The second kappa shape index (κ2) is 11.3. The summed E-state index contributed by atoms with van der Waals surface area (Å²) in [6.07, 6.45) is 0. The lowest BCUT2D eigenvalue weighted by Crippen LogP contribution is -2.47. The van der Waals surface area contributed by atoms with Gasteiger partial charge in [-0.2, -0.15) is 0 Å². The van der Waals surface area contributed by atoms with Crippen LogP contribution in [-0.2, 0) is 16.1 Å². The topological polar surface area (TPSA) is 54.0 Å². The van der Waals surface area contributed by atoms with E-state index in [4.69, 9.17) is 21.1 Å². The summed E-state index contributed by atoms with van der Waals surface area (Å²) in [5, 5.41) is 3.50. The van der Waals surface area contributed by atoms with Gasteiger partial charge in [0, 0.05) is 37.2 Å². The minimum atomic E-state index is -0.0969. The zero-order chi connectivity index (χ0) is 21.3. The molecule has 162 valence electrons. The van der Waals surface area contributed by atoms with Crippen LogP contribution < -0.4 is 10.1 Å². The number of hydrogen-bond donors (Lipinski definition) is 1. The van der Waals surface area contributed by atoms with E-state index in [1.54, 1.807) is 25.3 Å². The Balaban J connectivity index is 1.69. The summed E-state index contributed by atoms with van der Waals surface area (Å²) in [5.41, 5.74) is 1.76. The second-order valence-electron chi connectivity index (χ2n) is 7.55. The maximum Gasteiger partial charge on any atom is 0.238 e. The first-order chi connectivity index (χ1) is 14.5. The first kappa shape index (κ1) is 22.6. The van der Waals surface area contributed by atoms with Gasteiger partial charge in [0.15, 0.2) is 0 Å². The van der Waals surface area contributed by atoms with Gasteiger partial charge >= 0.3 is 0 Å². The standard InChI is InChI=1S/C23H30ClN3O3/c1-18(15-26-10-12-30-13-11-26)27(16-19-6-4-3-5-7-19)17-23(28)25-21-14-20(24)8-9-22(21)29-2/h3-9,14,18H,10-13,15-17H2,1-2H3,(H,25,28). The molecule has 1 heterocycles. The van der Waals surface area contributed by atoms with Crippen LogP contribution >= 0.6 is 11.6 Å². The zero-order valence-corrected chi connectivity index (χ0v) is 18.4.